The number of ether oxygens (including phenoxy) is 4. The van der Waals surface area contributed by atoms with Gasteiger partial charge in [0.2, 0.25) is 5.79 Å². The van der Waals surface area contributed by atoms with E-state index < -0.39 is 35.9 Å². The summed E-state index contributed by atoms with van der Waals surface area (Å²) in [6.07, 6.45) is -1.23. The van der Waals surface area contributed by atoms with E-state index in [0.29, 0.717) is 0 Å². The van der Waals surface area contributed by atoms with Gasteiger partial charge in [-0.25, -0.2) is 0 Å². The van der Waals surface area contributed by atoms with E-state index in [4.69, 9.17) is 18.9 Å². The maximum absolute atomic E-state index is 11.4. The lowest BCUT2D eigenvalue weighted by Gasteiger charge is -2.25. The van der Waals surface area contributed by atoms with Crippen LogP contribution in [0, 0.1) is 17.8 Å². The number of fused-ring (bicyclic) bond motifs is 1. The van der Waals surface area contributed by atoms with Crippen LogP contribution in [0.1, 0.15) is 34.6 Å². The van der Waals surface area contributed by atoms with Crippen LogP contribution in [0.2, 0.25) is 0 Å². The van der Waals surface area contributed by atoms with Crippen LogP contribution in [0.15, 0.2) is 0 Å². The van der Waals surface area contributed by atoms with Crippen LogP contribution in [-0.2, 0) is 33.3 Å². The van der Waals surface area contributed by atoms with Crippen LogP contribution in [0.25, 0.3) is 0 Å². The highest BCUT2D eigenvalue weighted by atomic mass is 16.8. The molecule has 1 aliphatic heterocycles. The van der Waals surface area contributed by atoms with Gasteiger partial charge >= 0.3 is 17.9 Å². The van der Waals surface area contributed by atoms with Crippen molar-refractivity contribution in [1.82, 2.24) is 0 Å². The number of carbonyl (C=O) groups excluding carboxylic acids is 3. The highest BCUT2D eigenvalue weighted by Gasteiger charge is 2.80. The van der Waals surface area contributed by atoms with E-state index in [1.807, 2.05) is 13.8 Å². The fourth-order valence-corrected chi connectivity index (χ4v) is 3.45. The van der Waals surface area contributed by atoms with Crippen molar-refractivity contribution in [3.63, 3.8) is 0 Å². The predicted octanol–water partition coefficient (Wildman–Crippen LogP) is 1.04. The molecule has 0 aromatic carbocycles. The normalized spacial score (nSPS) is 35.7. The summed E-state index contributed by atoms with van der Waals surface area (Å²) < 4.78 is 21.6. The van der Waals surface area contributed by atoms with Crippen LogP contribution in [0.3, 0.4) is 0 Å². The lowest BCUT2D eigenvalue weighted by molar-refractivity contribution is -0.209. The van der Waals surface area contributed by atoms with Gasteiger partial charge in [0.15, 0.2) is 0 Å². The Morgan fingerprint density at radius 3 is 2.18 bits per heavy atom. The Bertz CT molecular complexity index is 486. The maximum atomic E-state index is 11.4. The molecule has 3 unspecified atom stereocenters. The molecule has 1 saturated heterocycles. The van der Waals surface area contributed by atoms with Gasteiger partial charge in [-0.15, -0.1) is 0 Å². The summed E-state index contributed by atoms with van der Waals surface area (Å²) in [4.78, 5) is 33.7. The molecule has 5 atom stereocenters. The summed E-state index contributed by atoms with van der Waals surface area (Å²) in [5.41, 5.74) is 0. The Hall–Kier alpha value is -1.63. The summed E-state index contributed by atoms with van der Waals surface area (Å²) in [6.45, 7) is 7.84. The second kappa shape index (κ2) is 5.87. The van der Waals surface area contributed by atoms with Crippen molar-refractivity contribution in [2.75, 3.05) is 6.61 Å². The van der Waals surface area contributed by atoms with E-state index in [2.05, 4.69) is 0 Å². The molecule has 0 amide bonds. The van der Waals surface area contributed by atoms with E-state index in [-0.39, 0.29) is 24.4 Å². The van der Waals surface area contributed by atoms with Gasteiger partial charge in [0.25, 0.3) is 0 Å². The Kier molecular flexibility index (Phi) is 4.47. The molecule has 0 aromatic heterocycles. The first-order valence-electron chi connectivity index (χ1n) is 7.37. The second-order valence-electron chi connectivity index (χ2n) is 6.14. The monoisotopic (exact) mass is 314 g/mol. The average Bonchev–Trinajstić information content (AvgIpc) is 2.89. The molecule has 0 bridgehead atoms. The molecule has 0 radical (unpaired) electrons. The van der Waals surface area contributed by atoms with Gasteiger partial charge < -0.3 is 18.9 Å². The zero-order chi connectivity index (χ0) is 16.7. The zero-order valence-electron chi connectivity index (χ0n) is 13.5. The summed E-state index contributed by atoms with van der Waals surface area (Å²) in [5, 5.41) is 0. The van der Waals surface area contributed by atoms with Gasteiger partial charge in [-0.05, 0) is 5.92 Å². The fraction of sp³-hybridized carbons (Fsp3) is 0.800. The predicted molar refractivity (Wildman–Crippen MR) is 73.4 cm³/mol. The molecule has 1 saturated carbocycles. The summed E-state index contributed by atoms with van der Waals surface area (Å²) in [5.74, 6) is -2.53. The number of carbonyl (C=O) groups is 3. The van der Waals surface area contributed by atoms with E-state index in [0.717, 1.165) is 0 Å². The standard InChI is InChI=1S/C15H22O7/c1-7(2)12-13-14(20-9(4)17)11(6-19-8(3)16)22-15(12,13)21-10(5)18/h7,11-14H,6H2,1-5H3/t11-,12+,13?,14?,15?/m0/s1. The third kappa shape index (κ3) is 2.95. The van der Waals surface area contributed by atoms with Crippen molar-refractivity contribution < 1.29 is 33.3 Å². The maximum Gasteiger partial charge on any atom is 0.305 e. The Balaban J connectivity index is 2.20. The molecule has 0 aromatic rings. The van der Waals surface area contributed by atoms with Crippen molar-refractivity contribution in [3.8, 4) is 0 Å². The Labute approximate surface area is 129 Å². The van der Waals surface area contributed by atoms with Gasteiger partial charge in [-0.2, -0.15) is 0 Å². The zero-order valence-corrected chi connectivity index (χ0v) is 13.5. The third-order valence-corrected chi connectivity index (χ3v) is 4.04. The van der Waals surface area contributed by atoms with E-state index >= 15 is 0 Å². The van der Waals surface area contributed by atoms with Crippen LogP contribution in [0.4, 0.5) is 0 Å². The number of hydrogen-bond donors (Lipinski definition) is 0. The van der Waals surface area contributed by atoms with Crippen molar-refractivity contribution in [1.29, 1.82) is 0 Å². The molecule has 7 nitrogen and oxygen atoms in total. The van der Waals surface area contributed by atoms with Crippen LogP contribution in [-0.4, -0.2) is 42.5 Å². The van der Waals surface area contributed by atoms with Crippen molar-refractivity contribution in [3.05, 3.63) is 0 Å². The van der Waals surface area contributed by atoms with E-state index in [1.54, 1.807) is 0 Å². The summed E-state index contributed by atoms with van der Waals surface area (Å²) in [6, 6.07) is 0. The Morgan fingerprint density at radius 1 is 1.09 bits per heavy atom. The van der Waals surface area contributed by atoms with Gasteiger partial charge in [0, 0.05) is 26.7 Å². The van der Waals surface area contributed by atoms with Gasteiger partial charge in [-0.1, -0.05) is 13.8 Å². The molecule has 1 heterocycles. The molecule has 1 aliphatic carbocycles. The van der Waals surface area contributed by atoms with E-state index in [1.165, 1.54) is 20.8 Å². The average molecular weight is 314 g/mol. The molecule has 124 valence electrons. The first-order chi connectivity index (χ1) is 10.2. The number of rotatable bonds is 5. The van der Waals surface area contributed by atoms with Gasteiger partial charge in [0.1, 0.15) is 18.8 Å². The number of esters is 3. The largest absolute Gasteiger partial charge is 0.463 e. The molecule has 2 fully saturated rings. The minimum absolute atomic E-state index is 0.0440. The van der Waals surface area contributed by atoms with E-state index in [9.17, 15) is 14.4 Å². The second-order valence-corrected chi connectivity index (χ2v) is 6.14. The molecule has 0 N–H and O–H groups in total. The SMILES string of the molecule is CC(=O)OC[C@@H]1OC2(OC(C)=O)C(C1OC(C)=O)[C@H]2C(C)C. The Morgan fingerprint density at radius 2 is 1.73 bits per heavy atom. The van der Waals surface area contributed by atoms with Crippen LogP contribution in [0.5, 0.6) is 0 Å². The molecule has 0 spiro atoms. The van der Waals surface area contributed by atoms with Crippen LogP contribution >= 0.6 is 0 Å². The highest BCUT2D eigenvalue weighted by molar-refractivity contribution is 5.68. The lowest BCUT2D eigenvalue weighted by Crippen LogP contribution is -2.37. The summed E-state index contributed by atoms with van der Waals surface area (Å²) in [7, 11) is 0. The molecular formula is C15H22O7. The third-order valence-electron chi connectivity index (χ3n) is 4.04. The highest BCUT2D eigenvalue weighted by Crippen LogP contribution is 2.65. The fourth-order valence-electron chi connectivity index (χ4n) is 3.45. The van der Waals surface area contributed by atoms with Crippen molar-refractivity contribution in [2.24, 2.45) is 17.8 Å². The van der Waals surface area contributed by atoms with Gasteiger partial charge in [-0.3, -0.25) is 14.4 Å². The summed E-state index contributed by atoms with van der Waals surface area (Å²) >= 11 is 0. The van der Waals surface area contributed by atoms with Crippen molar-refractivity contribution in [2.45, 2.75) is 52.6 Å². The van der Waals surface area contributed by atoms with Crippen molar-refractivity contribution >= 4 is 17.9 Å². The molecule has 2 aliphatic rings. The molecule has 22 heavy (non-hydrogen) atoms. The lowest BCUT2D eigenvalue weighted by atomic mass is 10.0. The smallest absolute Gasteiger partial charge is 0.305 e. The number of hydrogen-bond acceptors (Lipinski definition) is 7. The first kappa shape index (κ1) is 16.7. The minimum Gasteiger partial charge on any atom is -0.463 e. The molecule has 2 rings (SSSR count). The van der Waals surface area contributed by atoms with Gasteiger partial charge in [0.05, 0.1) is 5.92 Å². The molecule has 7 heteroatoms. The van der Waals surface area contributed by atoms with Crippen LogP contribution < -0.4 is 0 Å². The quantitative estimate of drug-likeness (QED) is 0.553. The topological polar surface area (TPSA) is 88.1 Å². The first-order valence-corrected chi connectivity index (χ1v) is 7.37. The minimum atomic E-state index is -1.08. The molecular weight excluding hydrogens is 292 g/mol.